The van der Waals surface area contributed by atoms with Crippen LogP contribution < -0.4 is 5.32 Å². The first-order chi connectivity index (χ1) is 13.5. The Morgan fingerprint density at radius 1 is 1.25 bits per heavy atom. The minimum atomic E-state index is -0.421. The molecule has 1 amide bonds. The molecule has 1 aliphatic rings. The Morgan fingerprint density at radius 2 is 1.96 bits per heavy atom. The van der Waals surface area contributed by atoms with Crippen molar-refractivity contribution in [3.63, 3.8) is 0 Å². The summed E-state index contributed by atoms with van der Waals surface area (Å²) in [5.74, 6) is -0.290. The molecule has 28 heavy (non-hydrogen) atoms. The van der Waals surface area contributed by atoms with Gasteiger partial charge in [0, 0.05) is 50.4 Å². The molecule has 0 aliphatic carbocycles. The van der Waals surface area contributed by atoms with Crippen LogP contribution in [-0.2, 0) is 0 Å². The minimum absolute atomic E-state index is 0.00216. The number of nitro groups is 1. The third-order valence-electron chi connectivity index (χ3n) is 5.34. The molecule has 0 saturated carbocycles. The van der Waals surface area contributed by atoms with Gasteiger partial charge in [0.15, 0.2) is 0 Å². The van der Waals surface area contributed by atoms with Crippen LogP contribution in [0.3, 0.4) is 0 Å². The first-order valence-electron chi connectivity index (χ1n) is 9.77. The number of non-ortho nitro benzene ring substituents is 1. The highest BCUT2D eigenvalue weighted by Crippen LogP contribution is 2.29. The molecular weight excluding hydrogens is 358 g/mol. The number of nitrogens with zero attached hydrogens (tertiary/aromatic N) is 4. The van der Waals surface area contributed by atoms with E-state index in [-0.39, 0.29) is 17.3 Å². The van der Waals surface area contributed by atoms with E-state index in [1.54, 1.807) is 19.1 Å². The van der Waals surface area contributed by atoms with Crippen molar-refractivity contribution < 1.29 is 9.72 Å². The standard InChI is InChI=1S/C20H27N5O3/c1-3-23-10-12-24(13-11-23)9-5-8-21-20(26)19-16-6-4-7-17(25(27)28)18(16)15(2)14-22-19/h4,6-7,14H,3,5,8-13H2,1-2H3,(H,21,26). The molecule has 0 spiro atoms. The van der Waals surface area contributed by atoms with Crippen molar-refractivity contribution in [2.75, 3.05) is 45.8 Å². The first-order valence-corrected chi connectivity index (χ1v) is 9.77. The third kappa shape index (κ3) is 4.45. The summed E-state index contributed by atoms with van der Waals surface area (Å²) in [6, 6.07) is 4.76. The molecule has 0 atom stereocenters. The highest BCUT2D eigenvalue weighted by Gasteiger charge is 2.20. The smallest absolute Gasteiger partial charge is 0.277 e. The summed E-state index contributed by atoms with van der Waals surface area (Å²) in [4.78, 5) is 32.6. The molecule has 3 rings (SSSR count). The molecule has 8 nitrogen and oxygen atoms in total. The largest absolute Gasteiger partial charge is 0.351 e. The van der Waals surface area contributed by atoms with Gasteiger partial charge in [-0.15, -0.1) is 0 Å². The van der Waals surface area contributed by atoms with Gasteiger partial charge in [-0.05, 0) is 32.0 Å². The highest BCUT2D eigenvalue weighted by molar-refractivity contribution is 6.08. The Labute approximate surface area is 164 Å². The van der Waals surface area contributed by atoms with Crippen LogP contribution in [0.4, 0.5) is 5.69 Å². The number of rotatable bonds is 7. The molecule has 1 aromatic heterocycles. The molecule has 150 valence electrons. The van der Waals surface area contributed by atoms with Gasteiger partial charge >= 0.3 is 0 Å². The van der Waals surface area contributed by atoms with Gasteiger partial charge in [0.25, 0.3) is 11.6 Å². The lowest BCUT2D eigenvalue weighted by Crippen LogP contribution is -2.46. The second kappa shape index (κ2) is 9.07. The predicted octanol–water partition coefficient (Wildman–Crippen LogP) is 2.21. The Hall–Kier alpha value is -2.58. The van der Waals surface area contributed by atoms with E-state index in [0.29, 0.717) is 22.9 Å². The normalized spacial score (nSPS) is 15.6. The third-order valence-corrected chi connectivity index (χ3v) is 5.34. The van der Waals surface area contributed by atoms with Gasteiger partial charge in [0.2, 0.25) is 0 Å². The minimum Gasteiger partial charge on any atom is -0.351 e. The summed E-state index contributed by atoms with van der Waals surface area (Å²) >= 11 is 0. The maximum atomic E-state index is 12.6. The van der Waals surface area contributed by atoms with Crippen LogP contribution >= 0.6 is 0 Å². The zero-order valence-corrected chi connectivity index (χ0v) is 16.5. The van der Waals surface area contributed by atoms with Gasteiger partial charge in [-0.25, -0.2) is 0 Å². The topological polar surface area (TPSA) is 91.6 Å². The zero-order valence-electron chi connectivity index (χ0n) is 16.5. The molecule has 1 N–H and O–H groups in total. The van der Waals surface area contributed by atoms with E-state index in [0.717, 1.165) is 45.7 Å². The number of piperazine rings is 1. The number of carbonyl (C=O) groups is 1. The van der Waals surface area contributed by atoms with Gasteiger partial charge in [-0.3, -0.25) is 19.9 Å². The van der Waals surface area contributed by atoms with Crippen molar-refractivity contribution in [3.8, 4) is 0 Å². The maximum Gasteiger partial charge on any atom is 0.277 e. The number of carbonyl (C=O) groups excluding carboxylic acids is 1. The number of pyridine rings is 1. The lowest BCUT2D eigenvalue weighted by Gasteiger charge is -2.33. The van der Waals surface area contributed by atoms with Crippen LogP contribution in [0.25, 0.3) is 10.8 Å². The summed E-state index contributed by atoms with van der Waals surface area (Å²) < 4.78 is 0. The predicted molar refractivity (Wildman–Crippen MR) is 109 cm³/mol. The molecule has 1 saturated heterocycles. The van der Waals surface area contributed by atoms with Crippen molar-refractivity contribution in [1.29, 1.82) is 0 Å². The summed E-state index contributed by atoms with van der Waals surface area (Å²) in [5, 5.41) is 15.2. The van der Waals surface area contributed by atoms with Gasteiger partial charge in [-0.2, -0.15) is 0 Å². The van der Waals surface area contributed by atoms with E-state index in [1.165, 1.54) is 12.3 Å². The average Bonchev–Trinajstić information content (AvgIpc) is 2.71. The maximum absolute atomic E-state index is 12.6. The van der Waals surface area contributed by atoms with Crippen molar-refractivity contribution in [3.05, 3.63) is 45.8 Å². The number of nitro benzene ring substituents is 1. The van der Waals surface area contributed by atoms with Crippen molar-refractivity contribution >= 4 is 22.4 Å². The number of aryl methyl sites for hydroxylation is 1. The van der Waals surface area contributed by atoms with Crippen LogP contribution in [0, 0.1) is 17.0 Å². The fourth-order valence-corrected chi connectivity index (χ4v) is 3.70. The number of aromatic nitrogens is 1. The number of fused-ring (bicyclic) bond motifs is 1. The molecule has 0 radical (unpaired) electrons. The summed E-state index contributed by atoms with van der Waals surface area (Å²) in [6.45, 7) is 10.9. The second-order valence-corrected chi connectivity index (χ2v) is 7.13. The van der Waals surface area contributed by atoms with Gasteiger partial charge in [-0.1, -0.05) is 19.1 Å². The molecule has 2 heterocycles. The quantitative estimate of drug-likeness (QED) is 0.446. The summed E-state index contributed by atoms with van der Waals surface area (Å²) in [7, 11) is 0. The Morgan fingerprint density at radius 3 is 2.64 bits per heavy atom. The Balaban J connectivity index is 1.61. The van der Waals surface area contributed by atoms with Gasteiger partial charge < -0.3 is 15.1 Å². The van der Waals surface area contributed by atoms with E-state index in [4.69, 9.17) is 0 Å². The molecule has 8 heteroatoms. The number of benzene rings is 1. The Kier molecular flexibility index (Phi) is 6.53. The summed E-state index contributed by atoms with van der Waals surface area (Å²) in [5.41, 5.74) is 0.920. The first kappa shape index (κ1) is 20.2. The highest BCUT2D eigenvalue weighted by atomic mass is 16.6. The van der Waals surface area contributed by atoms with Crippen LogP contribution in [0.15, 0.2) is 24.4 Å². The molecule has 1 fully saturated rings. The van der Waals surface area contributed by atoms with Crippen molar-refractivity contribution in [2.45, 2.75) is 20.3 Å². The second-order valence-electron chi connectivity index (χ2n) is 7.13. The molecule has 2 aromatic rings. The average molecular weight is 385 g/mol. The Bertz CT molecular complexity index is 862. The van der Waals surface area contributed by atoms with E-state index in [9.17, 15) is 14.9 Å². The van der Waals surface area contributed by atoms with Crippen molar-refractivity contribution in [1.82, 2.24) is 20.1 Å². The molecule has 1 aromatic carbocycles. The number of likely N-dealkylation sites (N-methyl/N-ethyl adjacent to an activating group) is 1. The van der Waals surface area contributed by atoms with Crippen LogP contribution in [0.5, 0.6) is 0 Å². The van der Waals surface area contributed by atoms with Crippen LogP contribution in [0.2, 0.25) is 0 Å². The van der Waals surface area contributed by atoms with Gasteiger partial charge in [0.05, 0.1) is 10.3 Å². The molecule has 0 unspecified atom stereocenters. The zero-order chi connectivity index (χ0) is 20.1. The molecular formula is C20H27N5O3. The number of hydrogen-bond acceptors (Lipinski definition) is 6. The van der Waals surface area contributed by atoms with E-state index in [2.05, 4.69) is 27.0 Å². The monoisotopic (exact) mass is 385 g/mol. The van der Waals surface area contributed by atoms with Crippen LogP contribution in [-0.4, -0.2) is 71.4 Å². The van der Waals surface area contributed by atoms with E-state index >= 15 is 0 Å². The number of nitrogens with one attached hydrogen (secondary N) is 1. The van der Waals surface area contributed by atoms with E-state index in [1.807, 2.05) is 0 Å². The van der Waals surface area contributed by atoms with E-state index < -0.39 is 4.92 Å². The number of amides is 1. The van der Waals surface area contributed by atoms with Crippen molar-refractivity contribution in [2.24, 2.45) is 0 Å². The molecule has 1 aliphatic heterocycles. The lowest BCUT2D eigenvalue weighted by molar-refractivity contribution is -0.383. The number of hydrogen-bond donors (Lipinski definition) is 1. The SMILES string of the molecule is CCN1CCN(CCCNC(=O)c2ncc(C)c3c([N+](=O)[O-])cccc23)CC1. The lowest BCUT2D eigenvalue weighted by atomic mass is 10.0. The molecule has 0 bridgehead atoms. The fourth-order valence-electron chi connectivity index (χ4n) is 3.70. The fraction of sp³-hybridized carbons (Fsp3) is 0.500. The van der Waals surface area contributed by atoms with Crippen LogP contribution in [0.1, 0.15) is 29.4 Å². The van der Waals surface area contributed by atoms with Gasteiger partial charge in [0.1, 0.15) is 5.69 Å². The summed E-state index contributed by atoms with van der Waals surface area (Å²) in [6.07, 6.45) is 2.39.